The third kappa shape index (κ3) is 4.48. The number of non-ortho nitro benzene ring substituents is 1. The highest BCUT2D eigenvalue weighted by Crippen LogP contribution is 2.37. The van der Waals surface area contributed by atoms with Gasteiger partial charge in [0, 0.05) is 17.5 Å². The molecule has 1 saturated carbocycles. The van der Waals surface area contributed by atoms with Crippen LogP contribution >= 0.6 is 0 Å². The zero-order valence-electron chi connectivity index (χ0n) is 14.9. The van der Waals surface area contributed by atoms with Crippen molar-refractivity contribution in [3.63, 3.8) is 0 Å². The normalized spacial score (nSPS) is 18.0. The van der Waals surface area contributed by atoms with Crippen molar-refractivity contribution in [1.29, 1.82) is 0 Å². The van der Waals surface area contributed by atoms with Crippen molar-refractivity contribution >= 4 is 17.1 Å². The maximum atomic E-state index is 13.2. The SMILES string of the molecule is O=[N+]([O-])c1ccc([C@H]2CCCC/C2=N/OCc2cccc(F)c2)c([N+](=O)[O-])c1. The van der Waals surface area contributed by atoms with E-state index in [4.69, 9.17) is 4.84 Å². The van der Waals surface area contributed by atoms with Gasteiger partial charge in [-0.15, -0.1) is 0 Å². The van der Waals surface area contributed by atoms with Gasteiger partial charge in [0.1, 0.15) is 12.4 Å². The van der Waals surface area contributed by atoms with Crippen LogP contribution in [-0.4, -0.2) is 15.6 Å². The van der Waals surface area contributed by atoms with Gasteiger partial charge in [-0.05, 0) is 43.0 Å². The van der Waals surface area contributed by atoms with Crippen molar-refractivity contribution in [1.82, 2.24) is 0 Å². The minimum Gasteiger partial charge on any atom is -0.391 e. The molecule has 0 aliphatic heterocycles. The summed E-state index contributed by atoms with van der Waals surface area (Å²) in [5, 5.41) is 26.6. The van der Waals surface area contributed by atoms with Gasteiger partial charge in [0.05, 0.1) is 21.6 Å². The van der Waals surface area contributed by atoms with E-state index in [-0.39, 0.29) is 29.7 Å². The number of benzene rings is 2. The highest BCUT2D eigenvalue weighted by Gasteiger charge is 2.30. The van der Waals surface area contributed by atoms with Gasteiger partial charge in [-0.1, -0.05) is 23.7 Å². The lowest BCUT2D eigenvalue weighted by atomic mass is 9.81. The third-order valence-corrected chi connectivity index (χ3v) is 4.68. The first-order chi connectivity index (χ1) is 13.5. The number of nitrogens with zero attached hydrogens (tertiary/aromatic N) is 3. The van der Waals surface area contributed by atoms with Crippen LogP contribution < -0.4 is 0 Å². The van der Waals surface area contributed by atoms with Crippen LogP contribution in [0.4, 0.5) is 15.8 Å². The van der Waals surface area contributed by atoms with E-state index in [2.05, 4.69) is 5.16 Å². The fourth-order valence-corrected chi connectivity index (χ4v) is 3.35. The Kier molecular flexibility index (Phi) is 5.93. The number of hydrogen-bond acceptors (Lipinski definition) is 6. The average molecular weight is 387 g/mol. The second-order valence-electron chi connectivity index (χ2n) is 6.54. The molecule has 0 bridgehead atoms. The van der Waals surface area contributed by atoms with Crippen LogP contribution in [0.2, 0.25) is 0 Å². The minimum atomic E-state index is -0.658. The molecule has 1 fully saturated rings. The smallest absolute Gasteiger partial charge is 0.280 e. The molecule has 146 valence electrons. The molecule has 0 unspecified atom stereocenters. The number of nitro groups is 2. The Balaban J connectivity index is 1.84. The minimum absolute atomic E-state index is 0.0797. The summed E-state index contributed by atoms with van der Waals surface area (Å²) in [6.07, 6.45) is 2.99. The van der Waals surface area contributed by atoms with E-state index in [0.717, 1.165) is 18.9 Å². The monoisotopic (exact) mass is 387 g/mol. The van der Waals surface area contributed by atoms with Gasteiger partial charge in [0.2, 0.25) is 0 Å². The summed E-state index contributed by atoms with van der Waals surface area (Å²) in [5.74, 6) is -0.715. The molecule has 2 aromatic rings. The number of hydrogen-bond donors (Lipinski definition) is 0. The lowest BCUT2D eigenvalue weighted by molar-refractivity contribution is -0.394. The molecular formula is C19H18FN3O5. The highest BCUT2D eigenvalue weighted by molar-refractivity contribution is 5.92. The summed E-state index contributed by atoms with van der Waals surface area (Å²) in [6.45, 7) is 0.0797. The third-order valence-electron chi connectivity index (χ3n) is 4.68. The molecule has 1 aliphatic carbocycles. The maximum absolute atomic E-state index is 13.2. The molecule has 28 heavy (non-hydrogen) atoms. The predicted molar refractivity (Wildman–Crippen MR) is 99.6 cm³/mol. The molecule has 0 spiro atoms. The van der Waals surface area contributed by atoms with Gasteiger partial charge in [0.25, 0.3) is 11.4 Å². The molecule has 0 saturated heterocycles. The summed E-state index contributed by atoms with van der Waals surface area (Å²) < 4.78 is 13.2. The number of halogens is 1. The Bertz CT molecular complexity index is 932. The van der Waals surface area contributed by atoms with E-state index in [1.807, 2.05) is 0 Å². The first-order valence-electron chi connectivity index (χ1n) is 8.81. The van der Waals surface area contributed by atoms with Gasteiger partial charge in [-0.2, -0.15) is 0 Å². The van der Waals surface area contributed by atoms with E-state index in [9.17, 15) is 24.6 Å². The van der Waals surface area contributed by atoms with Gasteiger partial charge in [0.15, 0.2) is 0 Å². The van der Waals surface area contributed by atoms with Crippen LogP contribution in [0.5, 0.6) is 0 Å². The fraction of sp³-hybridized carbons (Fsp3) is 0.316. The predicted octanol–water partition coefficient (Wildman–Crippen LogP) is 4.87. The van der Waals surface area contributed by atoms with Crippen molar-refractivity contribution in [3.05, 3.63) is 79.6 Å². The zero-order chi connectivity index (χ0) is 20.1. The average Bonchev–Trinajstić information content (AvgIpc) is 2.68. The van der Waals surface area contributed by atoms with Crippen LogP contribution in [0, 0.1) is 26.0 Å². The summed E-state index contributed by atoms with van der Waals surface area (Å²) >= 11 is 0. The van der Waals surface area contributed by atoms with E-state index in [0.29, 0.717) is 29.7 Å². The van der Waals surface area contributed by atoms with Crippen molar-refractivity contribution in [3.8, 4) is 0 Å². The van der Waals surface area contributed by atoms with E-state index in [1.54, 1.807) is 12.1 Å². The molecule has 9 heteroatoms. The Morgan fingerprint density at radius 3 is 2.64 bits per heavy atom. The van der Waals surface area contributed by atoms with Gasteiger partial charge in [-0.3, -0.25) is 20.2 Å². The first kappa shape index (κ1) is 19.4. The maximum Gasteiger partial charge on any atom is 0.280 e. The van der Waals surface area contributed by atoms with Gasteiger partial charge >= 0.3 is 0 Å². The lowest BCUT2D eigenvalue weighted by Gasteiger charge is -2.23. The fourth-order valence-electron chi connectivity index (χ4n) is 3.35. The Labute approximate surface area is 159 Å². The molecule has 0 radical (unpaired) electrons. The lowest BCUT2D eigenvalue weighted by Crippen LogP contribution is -2.19. The van der Waals surface area contributed by atoms with Crippen molar-refractivity contribution in [2.45, 2.75) is 38.2 Å². The number of oxime groups is 1. The topological polar surface area (TPSA) is 108 Å². The molecule has 1 aliphatic rings. The quantitative estimate of drug-likeness (QED) is 0.519. The van der Waals surface area contributed by atoms with Gasteiger partial charge in [-0.25, -0.2) is 4.39 Å². The second-order valence-corrected chi connectivity index (χ2v) is 6.54. The molecule has 8 nitrogen and oxygen atoms in total. The zero-order valence-corrected chi connectivity index (χ0v) is 14.9. The van der Waals surface area contributed by atoms with Crippen LogP contribution in [0.1, 0.15) is 42.7 Å². The Morgan fingerprint density at radius 1 is 1.11 bits per heavy atom. The van der Waals surface area contributed by atoms with E-state index < -0.39 is 9.85 Å². The van der Waals surface area contributed by atoms with E-state index in [1.165, 1.54) is 24.3 Å². The molecule has 0 N–H and O–H groups in total. The summed E-state index contributed by atoms with van der Waals surface area (Å²) in [7, 11) is 0. The molecule has 2 aromatic carbocycles. The van der Waals surface area contributed by atoms with Crippen molar-refractivity contribution < 1.29 is 19.1 Å². The summed E-state index contributed by atoms with van der Waals surface area (Å²) in [4.78, 5) is 26.5. The van der Waals surface area contributed by atoms with Crippen molar-refractivity contribution in [2.24, 2.45) is 5.16 Å². The molecule has 0 heterocycles. The molecule has 3 rings (SSSR count). The molecule has 1 atom stereocenters. The molecule has 0 aromatic heterocycles. The van der Waals surface area contributed by atoms with Crippen LogP contribution in [0.3, 0.4) is 0 Å². The second kappa shape index (κ2) is 8.55. The van der Waals surface area contributed by atoms with E-state index >= 15 is 0 Å². The highest BCUT2D eigenvalue weighted by atomic mass is 19.1. The largest absolute Gasteiger partial charge is 0.391 e. The van der Waals surface area contributed by atoms with Crippen molar-refractivity contribution in [2.75, 3.05) is 0 Å². The number of nitro benzene ring substituents is 2. The van der Waals surface area contributed by atoms with Crippen LogP contribution in [0.15, 0.2) is 47.6 Å². The standard InChI is InChI=1S/C19H18FN3O5/c20-14-5-3-4-13(10-14)12-28-21-18-7-2-1-6-16(18)17-9-8-15(22(24)25)11-19(17)23(26)27/h3-5,8-11,16H,1-2,6-7,12H2/b21-18-/t16-/m1/s1. The van der Waals surface area contributed by atoms with Crippen LogP contribution in [-0.2, 0) is 11.4 Å². The molecule has 0 amide bonds. The Morgan fingerprint density at radius 2 is 1.93 bits per heavy atom. The summed E-state index contributed by atoms with van der Waals surface area (Å²) in [6, 6.07) is 9.64. The Hall–Kier alpha value is -3.36. The van der Waals surface area contributed by atoms with Gasteiger partial charge < -0.3 is 4.84 Å². The number of rotatable bonds is 6. The van der Waals surface area contributed by atoms with Crippen LogP contribution in [0.25, 0.3) is 0 Å². The first-order valence-corrected chi connectivity index (χ1v) is 8.81. The molecular weight excluding hydrogens is 369 g/mol. The summed E-state index contributed by atoms with van der Waals surface area (Å²) in [5.41, 5.74) is 1.05.